The fraction of sp³-hybridized carbons (Fsp3) is 0.0417. The molecule has 4 aromatic rings. The molecule has 126 valence electrons. The van der Waals surface area contributed by atoms with Crippen LogP contribution < -0.4 is 5.56 Å². The van der Waals surface area contributed by atoms with Crippen LogP contribution in [0.3, 0.4) is 0 Å². The average molecular weight is 337 g/mol. The number of pyridine rings is 1. The summed E-state index contributed by atoms with van der Waals surface area (Å²) in [5.74, 6) is 0. The standard InChI is InChI=1S/C24H19NO/c26-24-15-10-18(17-25-24)16-22-8-4-5-9-23(22)21-13-11-20(12-14-21)19-6-2-1-3-7-19/h1-15,17H,16H2,(H,25,26). The number of H-pyrrole nitrogens is 1. The summed E-state index contributed by atoms with van der Waals surface area (Å²) < 4.78 is 0. The smallest absolute Gasteiger partial charge is 0.247 e. The second-order valence-corrected chi connectivity index (χ2v) is 6.34. The summed E-state index contributed by atoms with van der Waals surface area (Å²) in [4.78, 5) is 14.0. The molecule has 1 heterocycles. The van der Waals surface area contributed by atoms with Gasteiger partial charge in [-0.3, -0.25) is 4.79 Å². The second-order valence-electron chi connectivity index (χ2n) is 6.34. The van der Waals surface area contributed by atoms with Crippen molar-refractivity contribution in [1.29, 1.82) is 0 Å². The number of hydrogen-bond donors (Lipinski definition) is 1. The molecule has 1 aromatic heterocycles. The van der Waals surface area contributed by atoms with Crippen LogP contribution in [0.1, 0.15) is 11.1 Å². The lowest BCUT2D eigenvalue weighted by atomic mass is 9.94. The van der Waals surface area contributed by atoms with Crippen molar-refractivity contribution in [2.75, 3.05) is 0 Å². The van der Waals surface area contributed by atoms with Gasteiger partial charge in [0.1, 0.15) is 0 Å². The van der Waals surface area contributed by atoms with E-state index in [0.29, 0.717) is 0 Å². The first-order chi connectivity index (χ1) is 12.8. The Hall–Kier alpha value is -3.39. The molecule has 0 spiro atoms. The van der Waals surface area contributed by atoms with Crippen molar-refractivity contribution in [1.82, 2.24) is 4.98 Å². The van der Waals surface area contributed by atoms with Crippen LogP contribution in [0.4, 0.5) is 0 Å². The molecule has 0 saturated carbocycles. The molecule has 0 radical (unpaired) electrons. The van der Waals surface area contributed by atoms with Crippen molar-refractivity contribution in [3.63, 3.8) is 0 Å². The van der Waals surface area contributed by atoms with Gasteiger partial charge in [0.2, 0.25) is 5.56 Å². The van der Waals surface area contributed by atoms with Crippen molar-refractivity contribution in [2.45, 2.75) is 6.42 Å². The maximum absolute atomic E-state index is 11.3. The molecular formula is C24H19NO. The van der Waals surface area contributed by atoms with Crippen molar-refractivity contribution < 1.29 is 0 Å². The van der Waals surface area contributed by atoms with Crippen LogP contribution >= 0.6 is 0 Å². The zero-order chi connectivity index (χ0) is 17.8. The molecule has 0 bridgehead atoms. The van der Waals surface area contributed by atoms with Gasteiger partial charge in [0, 0.05) is 12.3 Å². The van der Waals surface area contributed by atoms with Gasteiger partial charge in [-0.25, -0.2) is 0 Å². The van der Waals surface area contributed by atoms with Crippen LogP contribution in [0.5, 0.6) is 0 Å². The Kier molecular flexibility index (Phi) is 4.48. The SMILES string of the molecule is O=c1ccc(Cc2ccccc2-c2ccc(-c3ccccc3)cc2)c[nH]1. The molecular weight excluding hydrogens is 318 g/mol. The van der Waals surface area contributed by atoms with Crippen LogP contribution in [0.25, 0.3) is 22.3 Å². The third kappa shape index (κ3) is 3.50. The largest absolute Gasteiger partial charge is 0.329 e. The molecule has 0 unspecified atom stereocenters. The second kappa shape index (κ2) is 7.24. The number of nitrogens with one attached hydrogen (secondary N) is 1. The Bertz CT molecular complexity index is 1040. The Morgan fingerprint density at radius 3 is 2.00 bits per heavy atom. The highest BCUT2D eigenvalue weighted by atomic mass is 16.1. The molecule has 2 heteroatoms. The number of rotatable bonds is 4. The monoisotopic (exact) mass is 337 g/mol. The lowest BCUT2D eigenvalue weighted by molar-refractivity contribution is 1.12. The molecule has 0 amide bonds. The van der Waals surface area contributed by atoms with Crippen molar-refractivity contribution in [2.24, 2.45) is 0 Å². The van der Waals surface area contributed by atoms with Gasteiger partial charge in [0.15, 0.2) is 0 Å². The van der Waals surface area contributed by atoms with Gasteiger partial charge in [-0.05, 0) is 39.8 Å². The Labute approximate surface area is 152 Å². The van der Waals surface area contributed by atoms with Crippen LogP contribution in [0.2, 0.25) is 0 Å². The van der Waals surface area contributed by atoms with E-state index in [9.17, 15) is 4.79 Å². The average Bonchev–Trinajstić information content (AvgIpc) is 2.71. The summed E-state index contributed by atoms with van der Waals surface area (Å²) in [6.07, 6.45) is 2.57. The first-order valence-corrected chi connectivity index (χ1v) is 8.71. The van der Waals surface area contributed by atoms with E-state index >= 15 is 0 Å². The van der Waals surface area contributed by atoms with Gasteiger partial charge in [-0.2, -0.15) is 0 Å². The van der Waals surface area contributed by atoms with E-state index in [2.05, 4.69) is 77.8 Å². The van der Waals surface area contributed by atoms with Gasteiger partial charge in [-0.15, -0.1) is 0 Å². The fourth-order valence-corrected chi connectivity index (χ4v) is 3.20. The van der Waals surface area contributed by atoms with Gasteiger partial charge < -0.3 is 4.98 Å². The Morgan fingerprint density at radius 2 is 1.27 bits per heavy atom. The first-order valence-electron chi connectivity index (χ1n) is 8.71. The molecule has 0 aliphatic carbocycles. The predicted octanol–water partition coefficient (Wildman–Crippen LogP) is 5.30. The summed E-state index contributed by atoms with van der Waals surface area (Å²) in [6, 6.07) is 31.0. The van der Waals surface area contributed by atoms with E-state index in [-0.39, 0.29) is 5.56 Å². The summed E-state index contributed by atoms with van der Waals surface area (Å²) in [6.45, 7) is 0. The van der Waals surface area contributed by atoms with Crippen LogP contribution in [0, 0.1) is 0 Å². The predicted molar refractivity (Wildman–Crippen MR) is 107 cm³/mol. The highest BCUT2D eigenvalue weighted by Crippen LogP contribution is 2.28. The van der Waals surface area contributed by atoms with Crippen LogP contribution in [-0.4, -0.2) is 4.98 Å². The fourth-order valence-electron chi connectivity index (χ4n) is 3.20. The summed E-state index contributed by atoms with van der Waals surface area (Å²) in [7, 11) is 0. The highest BCUT2D eigenvalue weighted by molar-refractivity contribution is 5.72. The van der Waals surface area contributed by atoms with E-state index in [1.54, 1.807) is 12.3 Å². The minimum atomic E-state index is -0.0708. The maximum atomic E-state index is 11.3. The van der Waals surface area contributed by atoms with Crippen LogP contribution in [-0.2, 0) is 6.42 Å². The Balaban J connectivity index is 1.65. The summed E-state index contributed by atoms with van der Waals surface area (Å²) in [5, 5.41) is 0. The molecule has 26 heavy (non-hydrogen) atoms. The normalized spacial score (nSPS) is 10.6. The molecule has 0 saturated heterocycles. The molecule has 0 aliphatic rings. The molecule has 0 fully saturated rings. The number of benzene rings is 3. The third-order valence-electron chi connectivity index (χ3n) is 4.56. The lowest BCUT2D eigenvalue weighted by Gasteiger charge is -2.11. The van der Waals surface area contributed by atoms with E-state index in [1.165, 1.54) is 27.8 Å². The topological polar surface area (TPSA) is 32.9 Å². The maximum Gasteiger partial charge on any atom is 0.247 e. The number of aromatic nitrogens is 1. The zero-order valence-electron chi connectivity index (χ0n) is 14.4. The minimum Gasteiger partial charge on any atom is -0.329 e. The van der Waals surface area contributed by atoms with E-state index in [1.807, 2.05) is 12.1 Å². The zero-order valence-corrected chi connectivity index (χ0v) is 14.4. The van der Waals surface area contributed by atoms with E-state index in [4.69, 9.17) is 0 Å². The quantitative estimate of drug-likeness (QED) is 0.538. The molecule has 0 atom stereocenters. The van der Waals surface area contributed by atoms with E-state index < -0.39 is 0 Å². The molecule has 3 aromatic carbocycles. The number of hydrogen-bond acceptors (Lipinski definition) is 1. The van der Waals surface area contributed by atoms with Crippen molar-refractivity contribution in [3.05, 3.63) is 119 Å². The van der Waals surface area contributed by atoms with Gasteiger partial charge >= 0.3 is 0 Å². The summed E-state index contributed by atoms with van der Waals surface area (Å²) in [5.41, 5.74) is 7.12. The third-order valence-corrected chi connectivity index (χ3v) is 4.56. The van der Waals surface area contributed by atoms with Crippen molar-refractivity contribution >= 4 is 0 Å². The molecule has 4 rings (SSSR count). The van der Waals surface area contributed by atoms with Crippen LogP contribution in [0.15, 0.2) is 102 Å². The van der Waals surface area contributed by atoms with Gasteiger partial charge in [0.05, 0.1) is 0 Å². The molecule has 2 nitrogen and oxygen atoms in total. The Morgan fingerprint density at radius 1 is 0.615 bits per heavy atom. The lowest BCUT2D eigenvalue weighted by Crippen LogP contribution is -2.03. The highest BCUT2D eigenvalue weighted by Gasteiger charge is 2.06. The summed E-state index contributed by atoms with van der Waals surface area (Å²) >= 11 is 0. The van der Waals surface area contributed by atoms with Gasteiger partial charge in [0.25, 0.3) is 0 Å². The van der Waals surface area contributed by atoms with E-state index in [0.717, 1.165) is 12.0 Å². The minimum absolute atomic E-state index is 0.0708. The molecule has 0 aliphatic heterocycles. The first kappa shape index (κ1) is 16.1. The number of aromatic amines is 1. The molecule has 1 N–H and O–H groups in total. The van der Waals surface area contributed by atoms with Crippen molar-refractivity contribution in [3.8, 4) is 22.3 Å². The van der Waals surface area contributed by atoms with Gasteiger partial charge in [-0.1, -0.05) is 84.9 Å².